The van der Waals surface area contributed by atoms with Gasteiger partial charge >= 0.3 is 92.6 Å². The average Bonchev–Trinajstić information content (AvgIpc) is 2.17. The Morgan fingerprint density at radius 2 is 2.00 bits per heavy atom. The van der Waals surface area contributed by atoms with Crippen LogP contribution in [-0.4, -0.2) is 35.4 Å². The van der Waals surface area contributed by atoms with E-state index in [1.807, 2.05) is 12.1 Å². The quantitative estimate of drug-likeness (QED) is 0.611. The Kier molecular flexibility index (Phi) is 3.77. The fourth-order valence-corrected chi connectivity index (χ4v) is 1.51. The van der Waals surface area contributed by atoms with Gasteiger partial charge < -0.3 is 0 Å². The Bertz CT molecular complexity index is 295. The van der Waals surface area contributed by atoms with Gasteiger partial charge in [0.15, 0.2) is 0 Å². The van der Waals surface area contributed by atoms with Crippen LogP contribution in [0.5, 0.6) is 0 Å². The normalized spacial score (nSPS) is 12.2. The third-order valence-electron chi connectivity index (χ3n) is 1.81. The molecule has 13 heavy (non-hydrogen) atoms. The molecule has 0 heterocycles. The summed E-state index contributed by atoms with van der Waals surface area (Å²) in [5.74, 6) is -0.278. The number of carbonyl (C=O) groups is 1. The van der Waals surface area contributed by atoms with Crippen LogP contribution in [0.25, 0.3) is 0 Å². The number of methoxy groups -OCH3 is 1. The topological polar surface area (TPSA) is 26.3 Å². The predicted molar refractivity (Wildman–Crippen MR) is 54.5 cm³/mol. The molecule has 0 N–H and O–H groups in total. The van der Waals surface area contributed by atoms with Crippen LogP contribution in [0, 0.1) is 0 Å². The Morgan fingerprint density at radius 1 is 1.46 bits per heavy atom. The predicted octanol–water partition coefficient (Wildman–Crippen LogP) is 1.55. The van der Waals surface area contributed by atoms with E-state index in [0.717, 1.165) is 0 Å². The van der Waals surface area contributed by atoms with Crippen LogP contribution in [0.15, 0.2) is 24.3 Å². The summed E-state index contributed by atoms with van der Waals surface area (Å²) in [5.41, 5.74) is 1.86. The molecular formula is C10H13O2Te+. The molecule has 0 aliphatic heterocycles. The van der Waals surface area contributed by atoms with Crippen molar-refractivity contribution in [2.75, 3.05) is 7.11 Å². The van der Waals surface area contributed by atoms with Gasteiger partial charge in [0.25, 0.3) is 0 Å². The van der Waals surface area contributed by atoms with E-state index >= 15 is 0 Å². The average molecular weight is 293 g/mol. The van der Waals surface area contributed by atoms with Crippen molar-refractivity contribution in [3.05, 3.63) is 35.4 Å². The van der Waals surface area contributed by atoms with Crippen LogP contribution in [0.1, 0.15) is 28.2 Å². The molecule has 0 aliphatic carbocycles. The smallest absolute Gasteiger partial charge is 1.00 e. The number of benzene rings is 1. The second-order valence-electron chi connectivity index (χ2n) is 2.79. The van der Waals surface area contributed by atoms with Crippen LogP contribution < -0.4 is 0 Å². The van der Waals surface area contributed by atoms with Crippen LogP contribution in [0.3, 0.4) is 0 Å². The third-order valence-corrected chi connectivity index (χ3v) is 2.67. The van der Waals surface area contributed by atoms with Gasteiger partial charge in [0, 0.05) is 0 Å². The number of esters is 1. The fraction of sp³-hybridized carbons (Fsp3) is 0.300. The van der Waals surface area contributed by atoms with Crippen molar-refractivity contribution >= 4 is 28.3 Å². The molecule has 1 aromatic carbocycles. The van der Waals surface area contributed by atoms with E-state index in [-0.39, 0.29) is 7.40 Å². The van der Waals surface area contributed by atoms with Gasteiger partial charge in [-0.15, -0.1) is 0 Å². The Balaban J connectivity index is 0.00000169. The maximum atomic E-state index is 11.1. The van der Waals surface area contributed by atoms with E-state index in [0.29, 0.717) is 9.53 Å². The van der Waals surface area contributed by atoms with Crippen molar-refractivity contribution in [3.8, 4) is 0 Å². The summed E-state index contributed by atoms with van der Waals surface area (Å²) >= 11 is 1.76. The summed E-state index contributed by atoms with van der Waals surface area (Å²) in [7, 11) is 1.39. The fourth-order valence-electron chi connectivity index (χ4n) is 1.02. The molecule has 0 aromatic heterocycles. The Labute approximate surface area is 92.7 Å². The van der Waals surface area contributed by atoms with Gasteiger partial charge in [0.2, 0.25) is 0 Å². The van der Waals surface area contributed by atoms with E-state index < -0.39 is 0 Å². The van der Waals surface area contributed by atoms with Crippen molar-refractivity contribution in [3.63, 3.8) is 0 Å². The Hall–Kier alpha value is -0.520. The van der Waals surface area contributed by atoms with Gasteiger partial charge in [0.05, 0.1) is 0 Å². The zero-order valence-corrected chi connectivity index (χ0v) is 10.2. The van der Waals surface area contributed by atoms with Gasteiger partial charge in [-0.05, 0) is 0 Å². The largest absolute Gasteiger partial charge is 1.00 e. The first-order valence-corrected chi connectivity index (χ1v) is 5.49. The molecule has 1 atom stereocenters. The molecule has 3 heteroatoms. The minimum atomic E-state index is -0.278. The standard InChI is InChI=1S/C10H12O2Te/c1-7(13)8-3-5-9(6-4-8)10(11)12-2/h3-7,13H,1-2H3/p+1. The van der Waals surface area contributed by atoms with Gasteiger partial charge in [-0.3, -0.25) is 0 Å². The number of ether oxygens (including phenoxy) is 1. The van der Waals surface area contributed by atoms with Gasteiger partial charge in [-0.25, -0.2) is 0 Å². The van der Waals surface area contributed by atoms with Crippen molar-refractivity contribution in [2.45, 2.75) is 10.9 Å². The molecule has 0 spiro atoms. The van der Waals surface area contributed by atoms with Crippen LogP contribution >= 0.6 is 0 Å². The second-order valence-corrected chi connectivity index (χ2v) is 5.00. The van der Waals surface area contributed by atoms with E-state index in [9.17, 15) is 4.79 Å². The van der Waals surface area contributed by atoms with Crippen LogP contribution in [0.4, 0.5) is 0 Å². The van der Waals surface area contributed by atoms with E-state index in [1.54, 1.807) is 34.4 Å². The summed E-state index contributed by atoms with van der Waals surface area (Å²) in [6.45, 7) is 2.14. The molecule has 1 unspecified atom stereocenters. The molecule has 0 fully saturated rings. The number of hydrogen-bond donors (Lipinski definition) is 0. The molecule has 1 rings (SSSR count). The molecule has 1 aromatic rings. The molecular weight excluding hydrogens is 280 g/mol. The number of carbonyl (C=O) groups excluding carboxylic acids is 1. The Morgan fingerprint density at radius 3 is 2.38 bits per heavy atom. The van der Waals surface area contributed by atoms with Gasteiger partial charge in [-0.1, -0.05) is 0 Å². The summed E-state index contributed by atoms with van der Waals surface area (Å²) in [6.07, 6.45) is 0. The van der Waals surface area contributed by atoms with Gasteiger partial charge in [0.1, 0.15) is 0 Å². The SMILES string of the molecule is COC(=O)c1ccc(C(C)[TeH])cc1.[H+]. The van der Waals surface area contributed by atoms with E-state index in [1.165, 1.54) is 12.7 Å². The second kappa shape index (κ2) is 4.64. The monoisotopic (exact) mass is 295 g/mol. The zero-order chi connectivity index (χ0) is 9.84. The van der Waals surface area contributed by atoms with E-state index in [2.05, 4.69) is 11.7 Å². The zero-order valence-electron chi connectivity index (χ0n) is 8.65. The van der Waals surface area contributed by atoms with Crippen molar-refractivity contribution < 1.29 is 11.0 Å². The van der Waals surface area contributed by atoms with Crippen LogP contribution in [0.2, 0.25) is 0 Å². The third kappa shape index (κ3) is 2.72. The minimum Gasteiger partial charge on any atom is 1.00 e. The maximum Gasteiger partial charge on any atom is 1.00 e. The summed E-state index contributed by atoms with van der Waals surface area (Å²) in [5, 5.41) is 0. The van der Waals surface area contributed by atoms with Gasteiger partial charge in [-0.2, -0.15) is 0 Å². The van der Waals surface area contributed by atoms with Crippen molar-refractivity contribution in [1.82, 2.24) is 0 Å². The molecule has 0 aliphatic rings. The first kappa shape index (κ1) is 10.6. The molecule has 0 radical (unpaired) electrons. The number of rotatable bonds is 2. The summed E-state index contributed by atoms with van der Waals surface area (Å²) in [6, 6.07) is 7.54. The minimum absolute atomic E-state index is 0. The molecule has 70 valence electrons. The first-order chi connectivity index (χ1) is 6.15. The van der Waals surface area contributed by atoms with Crippen LogP contribution in [-0.2, 0) is 4.74 Å². The van der Waals surface area contributed by atoms with Crippen molar-refractivity contribution in [2.24, 2.45) is 0 Å². The molecule has 0 amide bonds. The first-order valence-electron chi connectivity index (χ1n) is 4.01. The molecule has 0 saturated heterocycles. The maximum absolute atomic E-state index is 11.1. The molecule has 0 bridgehead atoms. The van der Waals surface area contributed by atoms with E-state index in [4.69, 9.17) is 0 Å². The number of hydrogen-bond acceptors (Lipinski definition) is 2. The summed E-state index contributed by atoms with van der Waals surface area (Å²) < 4.78 is 5.14. The summed E-state index contributed by atoms with van der Waals surface area (Å²) in [4.78, 5) is 11.1. The van der Waals surface area contributed by atoms with Crippen molar-refractivity contribution in [1.29, 1.82) is 0 Å². The molecule has 2 nitrogen and oxygen atoms in total. The molecule has 0 saturated carbocycles.